The van der Waals surface area contributed by atoms with Gasteiger partial charge in [-0.3, -0.25) is 0 Å². The molecule has 2 aliphatic rings. The minimum Gasteiger partial charge on any atom is -0.385 e. The lowest BCUT2D eigenvalue weighted by atomic mass is 9.88. The average Bonchev–Trinajstić information content (AvgIpc) is 2.65. The number of rotatable bonds is 2. The maximum Gasteiger partial charge on any atom is 0.274 e. The molecular formula is C11H19F2NO. The third-order valence-corrected chi connectivity index (χ3v) is 3.64. The zero-order valence-corrected chi connectivity index (χ0v) is 8.88. The van der Waals surface area contributed by atoms with Gasteiger partial charge >= 0.3 is 0 Å². The molecule has 0 amide bonds. The second-order valence-corrected chi connectivity index (χ2v) is 4.85. The predicted molar refractivity (Wildman–Crippen MR) is 54.0 cm³/mol. The molecule has 4 heteroatoms. The van der Waals surface area contributed by atoms with Crippen molar-refractivity contribution >= 4 is 0 Å². The van der Waals surface area contributed by atoms with E-state index in [9.17, 15) is 13.9 Å². The van der Waals surface area contributed by atoms with Gasteiger partial charge in [0, 0.05) is 18.5 Å². The first-order valence-corrected chi connectivity index (χ1v) is 5.91. The Morgan fingerprint density at radius 3 is 2.40 bits per heavy atom. The first-order valence-electron chi connectivity index (χ1n) is 5.91. The van der Waals surface area contributed by atoms with Crippen LogP contribution in [-0.2, 0) is 0 Å². The van der Waals surface area contributed by atoms with Crippen molar-refractivity contribution in [1.29, 1.82) is 0 Å². The Morgan fingerprint density at radius 1 is 1.07 bits per heavy atom. The Morgan fingerprint density at radius 2 is 1.73 bits per heavy atom. The summed E-state index contributed by atoms with van der Waals surface area (Å²) in [6.07, 6.45) is 4.00. The fraction of sp³-hybridized carbons (Fsp3) is 1.00. The molecule has 2 saturated carbocycles. The van der Waals surface area contributed by atoms with Crippen LogP contribution in [0, 0.1) is 0 Å². The molecule has 2 nitrogen and oxygen atoms in total. The SMILES string of the molecule is O[C@H]1[C@H](NC2CCCC2)CCCC1(F)F. The van der Waals surface area contributed by atoms with Crippen LogP contribution < -0.4 is 5.32 Å². The highest BCUT2D eigenvalue weighted by molar-refractivity contribution is 4.93. The highest BCUT2D eigenvalue weighted by atomic mass is 19.3. The van der Waals surface area contributed by atoms with Crippen LogP contribution in [0.3, 0.4) is 0 Å². The van der Waals surface area contributed by atoms with E-state index in [0.717, 1.165) is 12.8 Å². The van der Waals surface area contributed by atoms with Gasteiger partial charge in [0.05, 0.1) is 0 Å². The fourth-order valence-corrected chi connectivity index (χ4v) is 2.73. The molecule has 2 atom stereocenters. The van der Waals surface area contributed by atoms with Gasteiger partial charge in [-0.25, -0.2) is 8.78 Å². The average molecular weight is 219 g/mol. The van der Waals surface area contributed by atoms with Gasteiger partial charge in [-0.2, -0.15) is 0 Å². The molecule has 2 aliphatic carbocycles. The zero-order chi connectivity index (χ0) is 10.9. The first-order chi connectivity index (χ1) is 7.09. The second-order valence-electron chi connectivity index (χ2n) is 4.85. The predicted octanol–water partition coefficient (Wildman–Crippen LogP) is 2.07. The van der Waals surface area contributed by atoms with Crippen LogP contribution in [0.25, 0.3) is 0 Å². The number of alkyl halides is 2. The largest absolute Gasteiger partial charge is 0.385 e. The van der Waals surface area contributed by atoms with Crippen LogP contribution in [0.5, 0.6) is 0 Å². The van der Waals surface area contributed by atoms with Crippen molar-refractivity contribution in [3.63, 3.8) is 0 Å². The molecule has 0 heterocycles. The molecule has 2 fully saturated rings. The van der Waals surface area contributed by atoms with Crippen LogP contribution in [0.15, 0.2) is 0 Å². The summed E-state index contributed by atoms with van der Waals surface area (Å²) in [5.41, 5.74) is 0. The smallest absolute Gasteiger partial charge is 0.274 e. The summed E-state index contributed by atoms with van der Waals surface area (Å²) in [5, 5.41) is 12.7. The summed E-state index contributed by atoms with van der Waals surface area (Å²) in [6.45, 7) is 0. The van der Waals surface area contributed by atoms with Gasteiger partial charge in [0.1, 0.15) is 6.10 Å². The molecule has 0 spiro atoms. The third-order valence-electron chi connectivity index (χ3n) is 3.64. The Kier molecular flexibility index (Phi) is 3.26. The molecule has 15 heavy (non-hydrogen) atoms. The lowest BCUT2D eigenvalue weighted by Gasteiger charge is -2.36. The normalized spacial score (nSPS) is 37.0. The fourth-order valence-electron chi connectivity index (χ4n) is 2.73. The van der Waals surface area contributed by atoms with Crippen molar-refractivity contribution in [3.05, 3.63) is 0 Å². The molecule has 0 aromatic heterocycles. The number of hydrogen-bond acceptors (Lipinski definition) is 2. The van der Waals surface area contributed by atoms with Gasteiger partial charge in [-0.15, -0.1) is 0 Å². The molecule has 0 bridgehead atoms. The van der Waals surface area contributed by atoms with Crippen LogP contribution in [-0.4, -0.2) is 29.2 Å². The van der Waals surface area contributed by atoms with Crippen LogP contribution in [0.4, 0.5) is 8.78 Å². The van der Waals surface area contributed by atoms with Crippen molar-refractivity contribution in [1.82, 2.24) is 5.32 Å². The summed E-state index contributed by atoms with van der Waals surface area (Å²) >= 11 is 0. The number of aliphatic hydroxyl groups excluding tert-OH is 1. The van der Waals surface area contributed by atoms with E-state index in [0.29, 0.717) is 18.9 Å². The standard InChI is InChI=1S/C11H19F2NO/c12-11(13)7-3-6-9(10(11)15)14-8-4-1-2-5-8/h8-10,14-15H,1-7H2/t9-,10+/m1/s1. The van der Waals surface area contributed by atoms with Crippen molar-refractivity contribution < 1.29 is 13.9 Å². The maximum atomic E-state index is 13.2. The summed E-state index contributed by atoms with van der Waals surface area (Å²) in [4.78, 5) is 0. The van der Waals surface area contributed by atoms with E-state index in [1.807, 2.05) is 0 Å². The Hall–Kier alpha value is -0.220. The third kappa shape index (κ3) is 2.48. The van der Waals surface area contributed by atoms with Crippen molar-refractivity contribution in [3.8, 4) is 0 Å². The number of nitrogens with one attached hydrogen (secondary N) is 1. The first kappa shape index (κ1) is 11.3. The zero-order valence-electron chi connectivity index (χ0n) is 8.88. The summed E-state index contributed by atoms with van der Waals surface area (Å²) in [6, 6.07) is -0.0598. The highest BCUT2D eigenvalue weighted by Gasteiger charge is 2.46. The molecule has 0 aromatic rings. The summed E-state index contributed by atoms with van der Waals surface area (Å²) in [5.74, 6) is -2.89. The Labute approximate surface area is 89.1 Å². The monoisotopic (exact) mass is 219 g/mol. The number of halogens is 2. The summed E-state index contributed by atoms with van der Waals surface area (Å²) < 4.78 is 26.5. The van der Waals surface area contributed by atoms with Gasteiger partial charge in [0.25, 0.3) is 5.92 Å². The second kappa shape index (κ2) is 4.34. The summed E-state index contributed by atoms with van der Waals surface area (Å²) in [7, 11) is 0. The molecule has 2 rings (SSSR count). The van der Waals surface area contributed by atoms with Gasteiger partial charge in [-0.05, 0) is 25.7 Å². The number of hydrogen-bond donors (Lipinski definition) is 2. The molecule has 0 saturated heterocycles. The van der Waals surface area contributed by atoms with E-state index >= 15 is 0 Å². The lowest BCUT2D eigenvalue weighted by Crippen LogP contribution is -2.54. The molecule has 0 aliphatic heterocycles. The number of aliphatic hydroxyl groups is 1. The van der Waals surface area contributed by atoms with Gasteiger partial charge < -0.3 is 10.4 Å². The maximum absolute atomic E-state index is 13.2. The molecule has 0 aromatic carbocycles. The minimum absolute atomic E-state index is 0.170. The highest BCUT2D eigenvalue weighted by Crippen LogP contribution is 2.34. The van der Waals surface area contributed by atoms with Crippen molar-refractivity contribution in [2.75, 3.05) is 0 Å². The van der Waals surface area contributed by atoms with Gasteiger partial charge in [-0.1, -0.05) is 12.8 Å². The Bertz CT molecular complexity index is 217. The van der Waals surface area contributed by atoms with Crippen LogP contribution >= 0.6 is 0 Å². The van der Waals surface area contributed by atoms with E-state index in [4.69, 9.17) is 0 Å². The van der Waals surface area contributed by atoms with Crippen molar-refractivity contribution in [2.45, 2.75) is 69.1 Å². The molecule has 2 N–H and O–H groups in total. The van der Waals surface area contributed by atoms with Crippen molar-refractivity contribution in [2.24, 2.45) is 0 Å². The minimum atomic E-state index is -2.89. The lowest BCUT2D eigenvalue weighted by molar-refractivity contribution is -0.144. The van der Waals surface area contributed by atoms with E-state index in [1.54, 1.807) is 0 Å². The molecule has 0 unspecified atom stereocenters. The van der Waals surface area contributed by atoms with Gasteiger partial charge in [0.2, 0.25) is 0 Å². The van der Waals surface area contributed by atoms with E-state index in [-0.39, 0.29) is 6.42 Å². The molecular weight excluding hydrogens is 200 g/mol. The van der Waals surface area contributed by atoms with E-state index in [2.05, 4.69) is 5.32 Å². The van der Waals surface area contributed by atoms with Crippen LogP contribution in [0.2, 0.25) is 0 Å². The Balaban J connectivity index is 1.90. The topological polar surface area (TPSA) is 32.3 Å². The van der Waals surface area contributed by atoms with E-state index < -0.39 is 18.1 Å². The molecule has 88 valence electrons. The van der Waals surface area contributed by atoms with Gasteiger partial charge in [0.15, 0.2) is 0 Å². The van der Waals surface area contributed by atoms with Crippen LogP contribution in [0.1, 0.15) is 44.9 Å². The quantitative estimate of drug-likeness (QED) is 0.745. The van der Waals surface area contributed by atoms with E-state index in [1.165, 1.54) is 12.8 Å². The molecule has 0 radical (unpaired) electrons.